The molecule has 0 aliphatic heterocycles. The van der Waals surface area contributed by atoms with Crippen LogP contribution in [0.25, 0.3) is 0 Å². The van der Waals surface area contributed by atoms with Gasteiger partial charge in [0.15, 0.2) is 11.6 Å². The summed E-state index contributed by atoms with van der Waals surface area (Å²) in [5.74, 6) is 0.584. The minimum absolute atomic E-state index is 0.260. The highest BCUT2D eigenvalue weighted by molar-refractivity contribution is 5.35. The van der Waals surface area contributed by atoms with Gasteiger partial charge < -0.3 is 4.74 Å². The highest BCUT2D eigenvalue weighted by atomic mass is 19.1. The van der Waals surface area contributed by atoms with Crippen molar-refractivity contribution < 1.29 is 9.13 Å². The maximum atomic E-state index is 13.5. The molecule has 0 saturated carbocycles. The largest absolute Gasteiger partial charge is 0.454 e. The second kappa shape index (κ2) is 4.35. The summed E-state index contributed by atoms with van der Waals surface area (Å²) in [6.07, 6.45) is 0. The molecule has 2 aromatic carbocycles. The molecule has 2 rings (SSSR count). The molecule has 1 nitrogen and oxygen atoms in total. The zero-order chi connectivity index (χ0) is 11.5. The van der Waals surface area contributed by atoms with Crippen molar-refractivity contribution in [2.24, 2.45) is 0 Å². The third-order valence-electron chi connectivity index (χ3n) is 2.30. The Bertz CT molecular complexity index is 506. The van der Waals surface area contributed by atoms with Crippen molar-refractivity contribution in [3.63, 3.8) is 0 Å². The molecule has 0 amide bonds. The van der Waals surface area contributed by atoms with Gasteiger partial charge in [0.05, 0.1) is 0 Å². The SMILES string of the molecule is Cc1cccc(Oc2ccc(C)cc2F)c1. The van der Waals surface area contributed by atoms with E-state index in [0.717, 1.165) is 11.1 Å². The van der Waals surface area contributed by atoms with E-state index in [9.17, 15) is 4.39 Å². The fourth-order valence-corrected chi connectivity index (χ4v) is 1.49. The predicted octanol–water partition coefficient (Wildman–Crippen LogP) is 4.23. The van der Waals surface area contributed by atoms with Crippen molar-refractivity contribution in [1.82, 2.24) is 0 Å². The Hall–Kier alpha value is -1.83. The summed E-state index contributed by atoms with van der Waals surface area (Å²) in [5, 5.41) is 0. The van der Waals surface area contributed by atoms with E-state index in [0.29, 0.717) is 5.75 Å². The summed E-state index contributed by atoms with van der Waals surface area (Å²) in [5.41, 5.74) is 1.97. The lowest BCUT2D eigenvalue weighted by Gasteiger charge is -2.07. The third-order valence-corrected chi connectivity index (χ3v) is 2.30. The highest BCUT2D eigenvalue weighted by Gasteiger charge is 2.04. The van der Waals surface area contributed by atoms with Gasteiger partial charge in [0.1, 0.15) is 5.75 Å². The van der Waals surface area contributed by atoms with Gasteiger partial charge in [-0.05, 0) is 49.2 Å². The first-order chi connectivity index (χ1) is 7.65. The summed E-state index contributed by atoms with van der Waals surface area (Å²) in [6, 6.07) is 12.5. The summed E-state index contributed by atoms with van der Waals surface area (Å²) >= 11 is 0. The van der Waals surface area contributed by atoms with Gasteiger partial charge in [-0.3, -0.25) is 0 Å². The Balaban J connectivity index is 2.27. The fraction of sp³-hybridized carbons (Fsp3) is 0.143. The number of halogens is 1. The molecule has 0 aromatic heterocycles. The standard InChI is InChI=1S/C14H13FO/c1-10-4-3-5-12(8-10)16-14-7-6-11(2)9-13(14)15/h3-9H,1-2H3. The first-order valence-electron chi connectivity index (χ1n) is 5.16. The van der Waals surface area contributed by atoms with Crippen molar-refractivity contribution >= 4 is 0 Å². The molecule has 16 heavy (non-hydrogen) atoms. The molecule has 82 valence electrons. The van der Waals surface area contributed by atoms with Crippen LogP contribution in [-0.2, 0) is 0 Å². The highest BCUT2D eigenvalue weighted by Crippen LogP contribution is 2.25. The zero-order valence-corrected chi connectivity index (χ0v) is 9.33. The molecule has 0 aliphatic rings. The molecule has 2 heteroatoms. The maximum Gasteiger partial charge on any atom is 0.165 e. The first kappa shape index (κ1) is 10.7. The van der Waals surface area contributed by atoms with Crippen molar-refractivity contribution in [2.45, 2.75) is 13.8 Å². The molecule has 0 bridgehead atoms. The maximum absolute atomic E-state index is 13.5. The average Bonchev–Trinajstić information content (AvgIpc) is 2.22. The number of benzene rings is 2. The summed E-state index contributed by atoms with van der Waals surface area (Å²) in [7, 11) is 0. The van der Waals surface area contributed by atoms with Crippen LogP contribution in [0.15, 0.2) is 42.5 Å². The van der Waals surface area contributed by atoms with Crippen LogP contribution in [0.1, 0.15) is 11.1 Å². The van der Waals surface area contributed by atoms with Crippen molar-refractivity contribution in [3.05, 3.63) is 59.4 Å². The van der Waals surface area contributed by atoms with Gasteiger partial charge in [0.2, 0.25) is 0 Å². The Morgan fingerprint density at radius 2 is 1.69 bits per heavy atom. The molecular weight excluding hydrogens is 203 g/mol. The first-order valence-corrected chi connectivity index (χ1v) is 5.16. The molecule has 2 aromatic rings. The predicted molar refractivity (Wildman–Crippen MR) is 62.4 cm³/mol. The van der Waals surface area contributed by atoms with Gasteiger partial charge in [-0.25, -0.2) is 4.39 Å². The van der Waals surface area contributed by atoms with Gasteiger partial charge in [-0.1, -0.05) is 18.2 Å². The van der Waals surface area contributed by atoms with Crippen LogP contribution < -0.4 is 4.74 Å². The Labute approximate surface area is 94.5 Å². The van der Waals surface area contributed by atoms with Crippen LogP contribution in [0.4, 0.5) is 4.39 Å². The van der Waals surface area contributed by atoms with E-state index in [2.05, 4.69) is 0 Å². The molecule has 0 saturated heterocycles. The Morgan fingerprint density at radius 3 is 2.38 bits per heavy atom. The number of hydrogen-bond donors (Lipinski definition) is 0. The van der Waals surface area contributed by atoms with E-state index in [4.69, 9.17) is 4.74 Å². The lowest BCUT2D eigenvalue weighted by molar-refractivity contribution is 0.441. The lowest BCUT2D eigenvalue weighted by atomic mass is 10.2. The second-order valence-corrected chi connectivity index (χ2v) is 3.85. The number of ether oxygens (including phenoxy) is 1. The smallest absolute Gasteiger partial charge is 0.165 e. The normalized spacial score (nSPS) is 10.2. The monoisotopic (exact) mass is 216 g/mol. The Kier molecular flexibility index (Phi) is 2.91. The van der Waals surface area contributed by atoms with E-state index in [1.54, 1.807) is 6.07 Å². The van der Waals surface area contributed by atoms with Gasteiger partial charge in [0.25, 0.3) is 0 Å². The minimum Gasteiger partial charge on any atom is -0.454 e. The molecule has 0 fully saturated rings. The molecule has 0 aliphatic carbocycles. The summed E-state index contributed by atoms with van der Waals surface area (Å²) in [6.45, 7) is 3.82. The van der Waals surface area contributed by atoms with E-state index in [1.165, 1.54) is 6.07 Å². The molecule has 0 radical (unpaired) electrons. The van der Waals surface area contributed by atoms with Crippen LogP contribution in [0.3, 0.4) is 0 Å². The van der Waals surface area contributed by atoms with Crippen LogP contribution in [-0.4, -0.2) is 0 Å². The zero-order valence-electron chi connectivity index (χ0n) is 9.33. The molecule has 0 N–H and O–H groups in total. The fourth-order valence-electron chi connectivity index (χ4n) is 1.49. The van der Waals surface area contributed by atoms with Crippen molar-refractivity contribution in [2.75, 3.05) is 0 Å². The van der Waals surface area contributed by atoms with Gasteiger partial charge in [0, 0.05) is 0 Å². The molecule has 0 heterocycles. The molecule has 0 spiro atoms. The molecule has 0 unspecified atom stereocenters. The second-order valence-electron chi connectivity index (χ2n) is 3.85. The Morgan fingerprint density at radius 1 is 0.938 bits per heavy atom. The third kappa shape index (κ3) is 2.40. The van der Waals surface area contributed by atoms with Gasteiger partial charge >= 0.3 is 0 Å². The van der Waals surface area contributed by atoms with E-state index < -0.39 is 0 Å². The topological polar surface area (TPSA) is 9.23 Å². The van der Waals surface area contributed by atoms with E-state index >= 15 is 0 Å². The van der Waals surface area contributed by atoms with Gasteiger partial charge in [-0.15, -0.1) is 0 Å². The van der Waals surface area contributed by atoms with E-state index in [1.807, 2.05) is 44.2 Å². The van der Waals surface area contributed by atoms with Crippen LogP contribution in [0.5, 0.6) is 11.5 Å². The summed E-state index contributed by atoms with van der Waals surface area (Å²) < 4.78 is 19.0. The molecule has 0 atom stereocenters. The van der Waals surface area contributed by atoms with Crippen molar-refractivity contribution in [3.8, 4) is 11.5 Å². The quantitative estimate of drug-likeness (QED) is 0.729. The lowest BCUT2D eigenvalue weighted by Crippen LogP contribution is -1.89. The van der Waals surface area contributed by atoms with Crippen LogP contribution >= 0.6 is 0 Å². The number of aryl methyl sites for hydroxylation is 2. The van der Waals surface area contributed by atoms with E-state index in [-0.39, 0.29) is 11.6 Å². The number of hydrogen-bond acceptors (Lipinski definition) is 1. The average molecular weight is 216 g/mol. The van der Waals surface area contributed by atoms with Crippen LogP contribution in [0.2, 0.25) is 0 Å². The number of rotatable bonds is 2. The minimum atomic E-state index is -0.332. The van der Waals surface area contributed by atoms with Gasteiger partial charge in [-0.2, -0.15) is 0 Å². The molecular formula is C14H13FO. The summed E-state index contributed by atoms with van der Waals surface area (Å²) in [4.78, 5) is 0. The van der Waals surface area contributed by atoms with Crippen LogP contribution in [0, 0.1) is 19.7 Å². The van der Waals surface area contributed by atoms with Crippen molar-refractivity contribution in [1.29, 1.82) is 0 Å².